The number of ether oxygens (including phenoxy) is 2. The summed E-state index contributed by atoms with van der Waals surface area (Å²) in [5, 5.41) is 3.75. The molecule has 144 valence electrons. The predicted octanol–water partition coefficient (Wildman–Crippen LogP) is 1.56. The standard InChI is InChI=1S/C15H14ClF2N5O4/c1-2-22(8-3-4-10-11(5-8)27-15(17,18)26-10)13(24)7-23-14(25)9(20-19)6-12(16)21-23/h3-6,20H,2,7,19H2,1H3. The minimum absolute atomic E-state index is 0.0313. The van der Waals surface area contributed by atoms with Gasteiger partial charge in [0.15, 0.2) is 16.7 Å². The van der Waals surface area contributed by atoms with Crippen molar-refractivity contribution in [2.75, 3.05) is 16.9 Å². The summed E-state index contributed by atoms with van der Waals surface area (Å²) in [6.07, 6.45) is -3.76. The van der Waals surface area contributed by atoms with Crippen LogP contribution >= 0.6 is 11.6 Å². The van der Waals surface area contributed by atoms with E-state index in [1.807, 2.05) is 0 Å². The van der Waals surface area contributed by atoms with Gasteiger partial charge in [0.05, 0.1) is 0 Å². The fourth-order valence-corrected chi connectivity index (χ4v) is 2.74. The average Bonchev–Trinajstić information content (AvgIpc) is 2.91. The maximum absolute atomic E-state index is 13.2. The molecule has 1 aliphatic rings. The smallest absolute Gasteiger partial charge is 0.395 e. The van der Waals surface area contributed by atoms with E-state index >= 15 is 0 Å². The van der Waals surface area contributed by atoms with Crippen molar-refractivity contribution >= 4 is 28.9 Å². The van der Waals surface area contributed by atoms with E-state index in [4.69, 9.17) is 17.4 Å². The molecule has 0 bridgehead atoms. The Morgan fingerprint density at radius 3 is 2.74 bits per heavy atom. The summed E-state index contributed by atoms with van der Waals surface area (Å²) in [6, 6.07) is 5.16. The van der Waals surface area contributed by atoms with E-state index in [-0.39, 0.29) is 34.6 Å². The Labute approximate surface area is 156 Å². The summed E-state index contributed by atoms with van der Waals surface area (Å²) in [5.41, 5.74) is 1.79. The van der Waals surface area contributed by atoms with Crippen molar-refractivity contribution in [2.24, 2.45) is 5.84 Å². The van der Waals surface area contributed by atoms with Crippen molar-refractivity contribution in [3.8, 4) is 11.5 Å². The molecule has 3 N–H and O–H groups in total. The number of benzene rings is 1. The summed E-state index contributed by atoms with van der Waals surface area (Å²) < 4.78 is 35.9. The van der Waals surface area contributed by atoms with E-state index in [2.05, 4.69) is 20.0 Å². The number of fused-ring (bicyclic) bond motifs is 1. The van der Waals surface area contributed by atoms with Crippen LogP contribution in [0.1, 0.15) is 6.92 Å². The maximum Gasteiger partial charge on any atom is 0.586 e. The number of nitrogens with one attached hydrogen (secondary N) is 1. The molecule has 3 rings (SSSR count). The van der Waals surface area contributed by atoms with Gasteiger partial charge in [0.2, 0.25) is 5.91 Å². The van der Waals surface area contributed by atoms with Crippen LogP contribution in [0.2, 0.25) is 5.15 Å². The zero-order valence-corrected chi connectivity index (χ0v) is 14.7. The molecule has 12 heteroatoms. The lowest BCUT2D eigenvalue weighted by Gasteiger charge is -2.21. The van der Waals surface area contributed by atoms with Gasteiger partial charge in [-0.2, -0.15) is 5.10 Å². The first-order valence-corrected chi connectivity index (χ1v) is 8.06. The molecule has 1 aromatic heterocycles. The van der Waals surface area contributed by atoms with Gasteiger partial charge >= 0.3 is 6.29 Å². The zero-order chi connectivity index (χ0) is 19.8. The molecule has 0 aliphatic carbocycles. The third kappa shape index (κ3) is 3.78. The Morgan fingerprint density at radius 1 is 1.37 bits per heavy atom. The van der Waals surface area contributed by atoms with Crippen LogP contribution in [0.25, 0.3) is 0 Å². The van der Waals surface area contributed by atoms with E-state index < -0.39 is 24.3 Å². The van der Waals surface area contributed by atoms with Gasteiger partial charge in [-0.15, -0.1) is 8.78 Å². The van der Waals surface area contributed by atoms with Crippen LogP contribution in [0, 0.1) is 0 Å². The van der Waals surface area contributed by atoms with Gasteiger partial charge in [-0.25, -0.2) is 4.68 Å². The largest absolute Gasteiger partial charge is 0.586 e. The van der Waals surface area contributed by atoms with Gasteiger partial charge in [0, 0.05) is 24.4 Å². The van der Waals surface area contributed by atoms with E-state index in [1.54, 1.807) is 6.92 Å². The molecule has 2 heterocycles. The first kappa shape index (κ1) is 18.9. The van der Waals surface area contributed by atoms with Crippen molar-refractivity contribution in [3.05, 3.63) is 39.8 Å². The molecule has 2 aromatic rings. The normalized spacial score (nSPS) is 14.1. The highest BCUT2D eigenvalue weighted by Gasteiger charge is 2.43. The van der Waals surface area contributed by atoms with E-state index in [0.29, 0.717) is 0 Å². The number of carbonyl (C=O) groups excluding carboxylic acids is 1. The Hall–Kier alpha value is -2.92. The van der Waals surface area contributed by atoms with Crippen LogP contribution in [0.5, 0.6) is 11.5 Å². The molecule has 1 amide bonds. The van der Waals surface area contributed by atoms with Gasteiger partial charge in [-0.1, -0.05) is 11.6 Å². The quantitative estimate of drug-likeness (QED) is 0.577. The van der Waals surface area contributed by atoms with Crippen LogP contribution in [0.15, 0.2) is 29.1 Å². The summed E-state index contributed by atoms with van der Waals surface area (Å²) in [4.78, 5) is 26.1. The zero-order valence-electron chi connectivity index (χ0n) is 13.9. The van der Waals surface area contributed by atoms with E-state index in [0.717, 1.165) is 4.68 Å². The number of carbonyl (C=O) groups is 1. The molecular weight excluding hydrogens is 388 g/mol. The maximum atomic E-state index is 13.2. The topological polar surface area (TPSA) is 112 Å². The number of nitrogens with two attached hydrogens (primary N) is 1. The number of nitrogens with zero attached hydrogens (tertiary/aromatic N) is 3. The Balaban J connectivity index is 1.86. The molecule has 27 heavy (non-hydrogen) atoms. The van der Waals surface area contributed by atoms with Crippen LogP contribution in [0.3, 0.4) is 0 Å². The van der Waals surface area contributed by atoms with Crippen molar-refractivity contribution in [1.82, 2.24) is 9.78 Å². The van der Waals surface area contributed by atoms with Gasteiger partial charge in [0.1, 0.15) is 12.2 Å². The fraction of sp³-hybridized carbons (Fsp3) is 0.267. The van der Waals surface area contributed by atoms with E-state index in [1.165, 1.54) is 29.2 Å². The van der Waals surface area contributed by atoms with E-state index in [9.17, 15) is 18.4 Å². The molecular formula is C15H14ClF2N5O4. The summed E-state index contributed by atoms with van der Waals surface area (Å²) >= 11 is 5.81. The fourth-order valence-electron chi connectivity index (χ4n) is 2.54. The molecule has 0 unspecified atom stereocenters. The summed E-state index contributed by atoms with van der Waals surface area (Å²) in [6.45, 7) is 1.44. The molecule has 0 fully saturated rings. The molecule has 1 aliphatic heterocycles. The second-order valence-electron chi connectivity index (χ2n) is 5.42. The molecule has 0 spiro atoms. The number of hydrazine groups is 1. The number of nitrogen functional groups attached to an aromatic ring is 1. The summed E-state index contributed by atoms with van der Waals surface area (Å²) in [5.74, 6) is 4.38. The van der Waals surface area contributed by atoms with Gasteiger partial charge in [-0.3, -0.25) is 15.4 Å². The number of anilines is 2. The predicted molar refractivity (Wildman–Crippen MR) is 92.0 cm³/mol. The van der Waals surface area contributed by atoms with Crippen molar-refractivity contribution in [3.63, 3.8) is 0 Å². The molecule has 0 atom stereocenters. The van der Waals surface area contributed by atoms with Crippen LogP contribution in [-0.2, 0) is 11.3 Å². The Morgan fingerprint density at radius 2 is 2.07 bits per heavy atom. The lowest BCUT2D eigenvalue weighted by atomic mass is 10.2. The van der Waals surface area contributed by atoms with Crippen LogP contribution in [0.4, 0.5) is 20.2 Å². The van der Waals surface area contributed by atoms with Gasteiger partial charge in [-0.05, 0) is 19.1 Å². The molecule has 0 saturated carbocycles. The molecule has 0 radical (unpaired) electrons. The highest BCUT2D eigenvalue weighted by molar-refractivity contribution is 6.29. The average molecular weight is 402 g/mol. The molecule has 9 nitrogen and oxygen atoms in total. The molecule has 0 saturated heterocycles. The number of likely N-dealkylation sites (N-methyl/N-ethyl adjacent to an activating group) is 1. The number of amides is 1. The lowest BCUT2D eigenvalue weighted by molar-refractivity contribution is -0.286. The number of aromatic nitrogens is 2. The van der Waals surface area contributed by atoms with Gasteiger partial charge < -0.3 is 19.8 Å². The number of hydrogen-bond donors (Lipinski definition) is 2. The second-order valence-corrected chi connectivity index (χ2v) is 5.81. The number of halogens is 3. The van der Waals surface area contributed by atoms with Crippen LogP contribution in [-0.4, -0.2) is 28.5 Å². The first-order valence-electron chi connectivity index (χ1n) is 7.68. The number of rotatable bonds is 5. The van der Waals surface area contributed by atoms with Gasteiger partial charge in [0.25, 0.3) is 5.56 Å². The minimum Gasteiger partial charge on any atom is -0.395 e. The first-order chi connectivity index (χ1) is 12.7. The second kappa shape index (κ2) is 7.00. The Kier molecular flexibility index (Phi) is 4.89. The third-order valence-corrected chi connectivity index (χ3v) is 3.88. The highest BCUT2D eigenvalue weighted by atomic mass is 35.5. The van der Waals surface area contributed by atoms with Crippen molar-refractivity contribution in [1.29, 1.82) is 0 Å². The third-order valence-electron chi connectivity index (χ3n) is 3.70. The Bertz CT molecular complexity index is 952. The lowest BCUT2D eigenvalue weighted by Crippen LogP contribution is -2.38. The SMILES string of the molecule is CCN(C(=O)Cn1nc(Cl)cc(NN)c1=O)c1ccc2c(c1)OC(F)(F)O2. The minimum atomic E-state index is -3.76. The number of alkyl halides is 2. The monoisotopic (exact) mass is 401 g/mol. The van der Waals surface area contributed by atoms with Crippen molar-refractivity contribution < 1.29 is 23.0 Å². The van der Waals surface area contributed by atoms with Crippen LogP contribution < -0.4 is 31.2 Å². The van der Waals surface area contributed by atoms with Crippen molar-refractivity contribution in [2.45, 2.75) is 19.8 Å². The summed E-state index contributed by atoms with van der Waals surface area (Å²) in [7, 11) is 0. The molecule has 1 aromatic carbocycles. The highest BCUT2D eigenvalue weighted by Crippen LogP contribution is 2.42. The number of hydrogen-bond acceptors (Lipinski definition) is 7.